The van der Waals surface area contributed by atoms with Gasteiger partial charge in [-0.1, -0.05) is 32.9 Å². The number of carbonyl (C=O) groups excluding carboxylic acids is 1. The summed E-state index contributed by atoms with van der Waals surface area (Å²) in [5.41, 5.74) is 1.36. The number of aromatic amines is 1. The zero-order valence-electron chi connectivity index (χ0n) is 15.4. The van der Waals surface area contributed by atoms with Crippen LogP contribution in [0.1, 0.15) is 55.1 Å². The summed E-state index contributed by atoms with van der Waals surface area (Å²) in [7, 11) is 0. The van der Waals surface area contributed by atoms with Crippen LogP contribution in [0, 0.1) is 6.92 Å². The predicted octanol–water partition coefficient (Wildman–Crippen LogP) is 3.16. The highest BCUT2D eigenvalue weighted by molar-refractivity contribution is 6.04. The number of hydrogen-bond acceptors (Lipinski definition) is 4. The average Bonchev–Trinajstić information content (AvgIpc) is 2.52. The van der Waals surface area contributed by atoms with E-state index in [2.05, 4.69) is 15.3 Å². The van der Waals surface area contributed by atoms with E-state index in [0.717, 1.165) is 5.56 Å². The summed E-state index contributed by atoms with van der Waals surface area (Å²) in [6, 6.07) is 7.33. The van der Waals surface area contributed by atoms with Crippen molar-refractivity contribution in [3.63, 3.8) is 0 Å². The lowest BCUT2D eigenvalue weighted by atomic mass is 9.95. The van der Waals surface area contributed by atoms with Crippen molar-refractivity contribution in [1.29, 1.82) is 0 Å². The first kappa shape index (κ1) is 18.9. The van der Waals surface area contributed by atoms with E-state index in [9.17, 15) is 9.59 Å². The van der Waals surface area contributed by atoms with Crippen molar-refractivity contribution in [3.8, 4) is 0 Å². The molecule has 1 heterocycles. The molecule has 1 aromatic heterocycles. The summed E-state index contributed by atoms with van der Waals surface area (Å²) in [6.07, 6.45) is 0. The van der Waals surface area contributed by atoms with Gasteiger partial charge in [0, 0.05) is 17.7 Å². The Hall–Kier alpha value is -2.47. The van der Waals surface area contributed by atoms with Gasteiger partial charge >= 0.3 is 0 Å². The quantitative estimate of drug-likeness (QED) is 0.873. The van der Waals surface area contributed by atoms with Gasteiger partial charge in [-0.25, -0.2) is 4.98 Å². The van der Waals surface area contributed by atoms with E-state index >= 15 is 0 Å². The first-order valence-electron chi connectivity index (χ1n) is 8.31. The molecule has 2 rings (SSSR count). The first-order valence-corrected chi connectivity index (χ1v) is 8.31. The number of hydrogen-bond donors (Lipinski definition) is 2. The van der Waals surface area contributed by atoms with E-state index in [1.54, 1.807) is 19.1 Å². The zero-order valence-corrected chi connectivity index (χ0v) is 15.4. The fourth-order valence-electron chi connectivity index (χ4n) is 2.31. The highest BCUT2D eigenvalue weighted by atomic mass is 16.5. The molecule has 25 heavy (non-hydrogen) atoms. The second kappa shape index (κ2) is 7.61. The highest BCUT2D eigenvalue weighted by Gasteiger charge is 2.22. The standard InChI is InChI=1S/C19H25N3O3/c1-6-25-11-13-7-9-14(10-8-13)21-16(23)15-12(2)20-18(19(3,4)5)22-17(15)24/h7-10H,6,11H2,1-5H3,(H,21,23)(H,20,22,24). The molecule has 0 radical (unpaired) electrons. The Balaban J connectivity index is 2.20. The molecular formula is C19H25N3O3. The minimum absolute atomic E-state index is 0.0337. The number of H-pyrrole nitrogens is 1. The minimum atomic E-state index is -0.468. The maximum atomic E-state index is 12.5. The molecule has 6 nitrogen and oxygen atoms in total. The van der Waals surface area contributed by atoms with E-state index in [1.807, 2.05) is 39.8 Å². The van der Waals surface area contributed by atoms with Gasteiger partial charge < -0.3 is 15.0 Å². The Bertz CT molecular complexity index is 802. The Morgan fingerprint density at radius 1 is 1.24 bits per heavy atom. The summed E-state index contributed by atoms with van der Waals surface area (Å²) < 4.78 is 5.34. The Morgan fingerprint density at radius 2 is 1.88 bits per heavy atom. The SMILES string of the molecule is CCOCc1ccc(NC(=O)c2c(C)nc(C(C)(C)C)[nH]c2=O)cc1. The predicted molar refractivity (Wildman–Crippen MR) is 98.0 cm³/mol. The van der Waals surface area contributed by atoms with Crippen molar-refractivity contribution in [2.45, 2.75) is 46.6 Å². The number of benzene rings is 1. The summed E-state index contributed by atoms with van der Waals surface area (Å²) in [5, 5.41) is 2.74. The fraction of sp³-hybridized carbons (Fsp3) is 0.421. The van der Waals surface area contributed by atoms with Crippen LogP contribution in [-0.4, -0.2) is 22.5 Å². The van der Waals surface area contributed by atoms with Crippen LogP contribution in [0.3, 0.4) is 0 Å². The van der Waals surface area contributed by atoms with Crippen molar-refractivity contribution < 1.29 is 9.53 Å². The molecule has 0 spiro atoms. The number of carbonyl (C=O) groups is 1. The van der Waals surface area contributed by atoms with Crippen LogP contribution in [0.4, 0.5) is 5.69 Å². The van der Waals surface area contributed by atoms with Crippen molar-refractivity contribution in [2.75, 3.05) is 11.9 Å². The lowest BCUT2D eigenvalue weighted by Crippen LogP contribution is -2.30. The molecule has 0 aliphatic carbocycles. The Kier molecular flexibility index (Phi) is 5.74. The highest BCUT2D eigenvalue weighted by Crippen LogP contribution is 2.18. The van der Waals surface area contributed by atoms with Gasteiger partial charge in [0.2, 0.25) is 0 Å². The van der Waals surface area contributed by atoms with Gasteiger partial charge in [0.25, 0.3) is 11.5 Å². The molecule has 134 valence electrons. The summed E-state index contributed by atoms with van der Waals surface area (Å²) in [6.45, 7) is 10.6. The number of nitrogens with one attached hydrogen (secondary N) is 2. The van der Waals surface area contributed by atoms with Crippen LogP contribution in [-0.2, 0) is 16.8 Å². The molecule has 0 aliphatic rings. The van der Waals surface area contributed by atoms with Gasteiger partial charge in [-0.3, -0.25) is 9.59 Å². The second-order valence-electron chi connectivity index (χ2n) is 6.91. The molecule has 0 saturated heterocycles. The largest absolute Gasteiger partial charge is 0.377 e. The third-order valence-electron chi connectivity index (χ3n) is 3.72. The first-order chi connectivity index (χ1) is 11.7. The normalized spacial score (nSPS) is 11.4. The number of aryl methyl sites for hydroxylation is 1. The minimum Gasteiger partial charge on any atom is -0.377 e. The van der Waals surface area contributed by atoms with Gasteiger partial charge in [0.1, 0.15) is 11.4 Å². The van der Waals surface area contributed by atoms with E-state index < -0.39 is 11.5 Å². The second-order valence-corrected chi connectivity index (χ2v) is 6.91. The van der Waals surface area contributed by atoms with Gasteiger partial charge in [-0.05, 0) is 31.5 Å². The van der Waals surface area contributed by atoms with Crippen LogP contribution in [0.2, 0.25) is 0 Å². The van der Waals surface area contributed by atoms with Crippen molar-refractivity contribution >= 4 is 11.6 Å². The van der Waals surface area contributed by atoms with E-state index in [-0.39, 0.29) is 11.0 Å². The molecule has 0 unspecified atom stereocenters. The molecule has 0 atom stereocenters. The topological polar surface area (TPSA) is 84.1 Å². The van der Waals surface area contributed by atoms with Crippen molar-refractivity contribution in [2.24, 2.45) is 0 Å². The van der Waals surface area contributed by atoms with E-state index in [4.69, 9.17) is 4.74 Å². The fourth-order valence-corrected chi connectivity index (χ4v) is 2.31. The van der Waals surface area contributed by atoms with Gasteiger partial charge in [-0.15, -0.1) is 0 Å². The van der Waals surface area contributed by atoms with Gasteiger partial charge in [0.15, 0.2) is 0 Å². The zero-order chi connectivity index (χ0) is 18.6. The van der Waals surface area contributed by atoms with Crippen LogP contribution in [0.5, 0.6) is 0 Å². The van der Waals surface area contributed by atoms with E-state index in [1.165, 1.54) is 0 Å². The molecule has 6 heteroatoms. The third-order valence-corrected chi connectivity index (χ3v) is 3.72. The maximum absolute atomic E-state index is 12.5. The Labute approximate surface area is 147 Å². The molecule has 1 aromatic carbocycles. The lowest BCUT2D eigenvalue weighted by Gasteiger charge is -2.18. The summed E-state index contributed by atoms with van der Waals surface area (Å²) in [5.74, 6) is 0.0936. The lowest BCUT2D eigenvalue weighted by molar-refractivity contribution is 0.102. The monoisotopic (exact) mass is 343 g/mol. The summed E-state index contributed by atoms with van der Waals surface area (Å²) in [4.78, 5) is 31.9. The number of anilines is 1. The van der Waals surface area contributed by atoms with Crippen LogP contribution < -0.4 is 10.9 Å². The number of ether oxygens (including phenoxy) is 1. The van der Waals surface area contributed by atoms with Crippen LogP contribution in [0.15, 0.2) is 29.1 Å². The summed E-state index contributed by atoms with van der Waals surface area (Å²) >= 11 is 0. The Morgan fingerprint density at radius 3 is 2.40 bits per heavy atom. The van der Waals surface area contributed by atoms with E-state index in [0.29, 0.717) is 30.4 Å². The average molecular weight is 343 g/mol. The van der Waals surface area contributed by atoms with Crippen molar-refractivity contribution in [1.82, 2.24) is 9.97 Å². The molecule has 0 fully saturated rings. The molecule has 0 bridgehead atoms. The van der Waals surface area contributed by atoms with Crippen molar-refractivity contribution in [3.05, 3.63) is 57.3 Å². The van der Waals surface area contributed by atoms with Gasteiger partial charge in [-0.2, -0.15) is 0 Å². The number of rotatable bonds is 5. The van der Waals surface area contributed by atoms with Crippen LogP contribution in [0.25, 0.3) is 0 Å². The third kappa shape index (κ3) is 4.76. The number of amides is 1. The van der Waals surface area contributed by atoms with Gasteiger partial charge in [0.05, 0.1) is 12.3 Å². The molecule has 2 N–H and O–H groups in total. The molecular weight excluding hydrogens is 318 g/mol. The maximum Gasteiger partial charge on any atom is 0.264 e. The smallest absolute Gasteiger partial charge is 0.264 e. The molecule has 1 amide bonds. The van der Waals surface area contributed by atoms with Crippen LogP contribution >= 0.6 is 0 Å². The molecule has 0 saturated carbocycles. The molecule has 0 aliphatic heterocycles. The molecule has 2 aromatic rings. The number of nitrogens with zero attached hydrogens (tertiary/aromatic N) is 1. The number of aromatic nitrogens is 2.